The van der Waals surface area contributed by atoms with Gasteiger partial charge in [-0.15, -0.1) is 0 Å². The number of nitro groups is 1. The van der Waals surface area contributed by atoms with Crippen LogP contribution < -0.4 is 5.32 Å². The Kier molecular flexibility index (Phi) is 6.46. The first kappa shape index (κ1) is 15.3. The summed E-state index contributed by atoms with van der Waals surface area (Å²) in [5.74, 6) is 1.69. The number of nitrogens with zero attached hydrogens (tertiary/aromatic N) is 1. The van der Waals surface area contributed by atoms with Gasteiger partial charge in [-0.1, -0.05) is 24.6 Å². The quantitative estimate of drug-likeness (QED) is 0.617. The Labute approximate surface area is 116 Å². The summed E-state index contributed by atoms with van der Waals surface area (Å²) in [5, 5.41) is 14.2. The van der Waals surface area contributed by atoms with Crippen molar-refractivity contribution >= 4 is 29.1 Å². The molecule has 18 heavy (non-hydrogen) atoms. The van der Waals surface area contributed by atoms with Crippen LogP contribution in [-0.4, -0.2) is 23.5 Å². The van der Waals surface area contributed by atoms with Gasteiger partial charge < -0.3 is 5.32 Å². The summed E-state index contributed by atoms with van der Waals surface area (Å²) in [6.07, 6.45) is 2.08. The Morgan fingerprint density at radius 3 is 2.89 bits per heavy atom. The molecule has 1 rings (SSSR count). The van der Waals surface area contributed by atoms with Crippen molar-refractivity contribution in [3.63, 3.8) is 0 Å². The molecule has 0 heterocycles. The SMILES string of the molecule is CSCC(C)CNCc1ccc(Cl)c([N+](=O)[O-])c1. The van der Waals surface area contributed by atoms with Crippen molar-refractivity contribution in [2.24, 2.45) is 5.92 Å². The molecule has 0 saturated heterocycles. The Balaban J connectivity index is 2.53. The van der Waals surface area contributed by atoms with E-state index in [1.54, 1.807) is 6.07 Å². The zero-order valence-corrected chi connectivity index (χ0v) is 12.1. The van der Waals surface area contributed by atoms with Gasteiger partial charge in [-0.05, 0) is 36.1 Å². The molecule has 0 aliphatic rings. The first-order valence-corrected chi connectivity index (χ1v) is 7.44. The van der Waals surface area contributed by atoms with Crippen molar-refractivity contribution < 1.29 is 4.92 Å². The first-order chi connectivity index (χ1) is 8.54. The molecule has 0 aliphatic carbocycles. The predicted octanol–water partition coefficient (Wildman–Crippen LogP) is 3.34. The molecule has 0 radical (unpaired) electrons. The molecule has 0 saturated carbocycles. The maximum absolute atomic E-state index is 10.7. The van der Waals surface area contributed by atoms with E-state index in [4.69, 9.17) is 11.6 Å². The molecule has 0 aromatic heterocycles. The summed E-state index contributed by atoms with van der Waals surface area (Å²) >= 11 is 7.57. The third kappa shape index (κ3) is 4.84. The van der Waals surface area contributed by atoms with Gasteiger partial charge in [0.2, 0.25) is 0 Å². The number of benzene rings is 1. The molecule has 1 unspecified atom stereocenters. The largest absolute Gasteiger partial charge is 0.312 e. The molecule has 1 N–H and O–H groups in total. The van der Waals surface area contributed by atoms with Gasteiger partial charge >= 0.3 is 0 Å². The monoisotopic (exact) mass is 288 g/mol. The average molecular weight is 289 g/mol. The summed E-state index contributed by atoms with van der Waals surface area (Å²) in [4.78, 5) is 10.3. The summed E-state index contributed by atoms with van der Waals surface area (Å²) in [6.45, 7) is 3.70. The number of rotatable bonds is 7. The molecule has 1 atom stereocenters. The third-order valence-corrected chi connectivity index (χ3v) is 3.70. The van der Waals surface area contributed by atoms with E-state index in [9.17, 15) is 10.1 Å². The minimum Gasteiger partial charge on any atom is -0.312 e. The molecule has 0 bridgehead atoms. The zero-order valence-electron chi connectivity index (χ0n) is 10.5. The number of nitro benzene ring substituents is 1. The van der Waals surface area contributed by atoms with E-state index in [-0.39, 0.29) is 10.7 Å². The molecular weight excluding hydrogens is 272 g/mol. The number of halogens is 1. The van der Waals surface area contributed by atoms with E-state index in [2.05, 4.69) is 18.5 Å². The topological polar surface area (TPSA) is 55.2 Å². The van der Waals surface area contributed by atoms with Gasteiger partial charge in [-0.25, -0.2) is 0 Å². The van der Waals surface area contributed by atoms with Crippen molar-refractivity contribution in [2.45, 2.75) is 13.5 Å². The van der Waals surface area contributed by atoms with Crippen LogP contribution in [0.2, 0.25) is 5.02 Å². The molecule has 0 spiro atoms. The Hall–Kier alpha value is -0.780. The average Bonchev–Trinajstić information content (AvgIpc) is 2.31. The smallest absolute Gasteiger partial charge is 0.288 e. The van der Waals surface area contributed by atoms with Gasteiger partial charge in [0.05, 0.1) is 4.92 Å². The zero-order chi connectivity index (χ0) is 13.5. The highest BCUT2D eigenvalue weighted by molar-refractivity contribution is 7.98. The van der Waals surface area contributed by atoms with Gasteiger partial charge in [0.25, 0.3) is 5.69 Å². The molecule has 1 aromatic carbocycles. The minimum absolute atomic E-state index is 0.0341. The molecular formula is C12H17ClN2O2S. The minimum atomic E-state index is -0.456. The molecule has 6 heteroatoms. The summed E-state index contributed by atoms with van der Waals surface area (Å²) in [7, 11) is 0. The van der Waals surface area contributed by atoms with Crippen molar-refractivity contribution in [3.05, 3.63) is 38.9 Å². The highest BCUT2D eigenvalue weighted by Gasteiger charge is 2.12. The van der Waals surface area contributed by atoms with E-state index in [1.807, 2.05) is 17.8 Å². The van der Waals surface area contributed by atoms with Crippen LogP contribution in [0.15, 0.2) is 18.2 Å². The van der Waals surface area contributed by atoms with E-state index < -0.39 is 4.92 Å². The Morgan fingerprint density at radius 2 is 2.28 bits per heavy atom. The van der Waals surface area contributed by atoms with E-state index >= 15 is 0 Å². The van der Waals surface area contributed by atoms with Gasteiger partial charge in [-0.2, -0.15) is 11.8 Å². The Bertz CT molecular complexity index is 415. The van der Waals surface area contributed by atoms with Gasteiger partial charge in [0.1, 0.15) is 5.02 Å². The first-order valence-electron chi connectivity index (χ1n) is 5.67. The predicted molar refractivity (Wildman–Crippen MR) is 77.4 cm³/mol. The molecule has 100 valence electrons. The third-order valence-electron chi connectivity index (χ3n) is 2.48. The fourth-order valence-electron chi connectivity index (χ4n) is 1.61. The van der Waals surface area contributed by atoms with Crippen LogP contribution >= 0.6 is 23.4 Å². The summed E-state index contributed by atoms with van der Waals surface area (Å²) < 4.78 is 0. The van der Waals surface area contributed by atoms with Crippen LogP contribution in [0, 0.1) is 16.0 Å². The van der Waals surface area contributed by atoms with Crippen molar-refractivity contribution in [3.8, 4) is 0 Å². The second-order valence-corrected chi connectivity index (χ2v) is 5.55. The number of hydrogen-bond donors (Lipinski definition) is 1. The molecule has 0 aliphatic heterocycles. The molecule has 0 fully saturated rings. The van der Waals surface area contributed by atoms with E-state index in [0.717, 1.165) is 17.9 Å². The van der Waals surface area contributed by atoms with Gasteiger partial charge in [0.15, 0.2) is 0 Å². The van der Waals surface area contributed by atoms with Crippen LogP contribution in [0.25, 0.3) is 0 Å². The highest BCUT2D eigenvalue weighted by Crippen LogP contribution is 2.24. The lowest BCUT2D eigenvalue weighted by molar-refractivity contribution is -0.384. The Morgan fingerprint density at radius 1 is 1.56 bits per heavy atom. The molecule has 1 aromatic rings. The maximum atomic E-state index is 10.7. The standard InChI is InChI=1S/C12H17ClN2O2S/c1-9(8-18-2)6-14-7-10-3-4-11(13)12(5-10)15(16)17/h3-5,9,14H,6-8H2,1-2H3. The van der Waals surface area contributed by atoms with Crippen LogP contribution in [0.4, 0.5) is 5.69 Å². The lowest BCUT2D eigenvalue weighted by Gasteiger charge is -2.11. The second kappa shape index (κ2) is 7.61. The van der Waals surface area contributed by atoms with Crippen LogP contribution in [0.5, 0.6) is 0 Å². The second-order valence-electron chi connectivity index (χ2n) is 4.23. The van der Waals surface area contributed by atoms with Crippen molar-refractivity contribution in [1.29, 1.82) is 0 Å². The fraction of sp³-hybridized carbons (Fsp3) is 0.500. The number of thioether (sulfide) groups is 1. The fourth-order valence-corrected chi connectivity index (χ4v) is 2.49. The van der Waals surface area contributed by atoms with E-state index in [1.165, 1.54) is 6.07 Å². The van der Waals surface area contributed by atoms with E-state index in [0.29, 0.717) is 12.5 Å². The van der Waals surface area contributed by atoms with Crippen molar-refractivity contribution in [1.82, 2.24) is 5.32 Å². The lowest BCUT2D eigenvalue weighted by Crippen LogP contribution is -2.22. The number of hydrogen-bond acceptors (Lipinski definition) is 4. The highest BCUT2D eigenvalue weighted by atomic mass is 35.5. The van der Waals surface area contributed by atoms with Crippen LogP contribution in [0.3, 0.4) is 0 Å². The lowest BCUT2D eigenvalue weighted by atomic mass is 10.2. The molecule has 4 nitrogen and oxygen atoms in total. The van der Waals surface area contributed by atoms with Gasteiger partial charge in [0, 0.05) is 12.6 Å². The summed E-state index contributed by atoms with van der Waals surface area (Å²) in [5.41, 5.74) is 0.843. The number of nitrogens with one attached hydrogen (secondary N) is 1. The van der Waals surface area contributed by atoms with Crippen LogP contribution in [-0.2, 0) is 6.54 Å². The van der Waals surface area contributed by atoms with Crippen LogP contribution in [0.1, 0.15) is 12.5 Å². The van der Waals surface area contributed by atoms with Crippen molar-refractivity contribution in [2.75, 3.05) is 18.6 Å². The normalized spacial score (nSPS) is 12.4. The maximum Gasteiger partial charge on any atom is 0.288 e. The van der Waals surface area contributed by atoms with Gasteiger partial charge in [-0.3, -0.25) is 10.1 Å². The summed E-state index contributed by atoms with van der Waals surface area (Å²) in [6, 6.07) is 4.90. The molecule has 0 amide bonds.